The van der Waals surface area contributed by atoms with Gasteiger partial charge in [0, 0.05) is 30.7 Å². The fourth-order valence-corrected chi connectivity index (χ4v) is 4.85. The summed E-state index contributed by atoms with van der Waals surface area (Å²) in [5, 5.41) is 6.43. The van der Waals surface area contributed by atoms with Gasteiger partial charge in [-0.25, -0.2) is 0 Å². The highest BCUT2D eigenvalue weighted by Gasteiger charge is 2.42. The maximum Gasteiger partial charge on any atom is 0.247 e. The van der Waals surface area contributed by atoms with Crippen LogP contribution in [0, 0.1) is 0 Å². The summed E-state index contributed by atoms with van der Waals surface area (Å²) in [4.78, 5) is 29.5. The van der Waals surface area contributed by atoms with Crippen molar-refractivity contribution in [3.05, 3.63) is 65.7 Å². The molecule has 2 aromatic carbocycles. The number of carbonyl (C=O) groups is 2. The summed E-state index contributed by atoms with van der Waals surface area (Å²) in [6, 6.07) is 17.6. The Bertz CT molecular complexity index is 955. The summed E-state index contributed by atoms with van der Waals surface area (Å²) < 4.78 is 5.85. The maximum atomic E-state index is 13.4. The average molecular weight is 451 g/mol. The minimum atomic E-state index is -0.691. The van der Waals surface area contributed by atoms with Gasteiger partial charge in [0.2, 0.25) is 11.8 Å². The summed E-state index contributed by atoms with van der Waals surface area (Å²) >= 11 is 0. The van der Waals surface area contributed by atoms with Crippen molar-refractivity contribution in [2.75, 3.05) is 52.2 Å². The van der Waals surface area contributed by atoms with Gasteiger partial charge in [0.05, 0.1) is 19.8 Å². The Morgan fingerprint density at radius 3 is 2.52 bits per heavy atom. The fourth-order valence-electron chi connectivity index (χ4n) is 4.85. The first-order valence-corrected chi connectivity index (χ1v) is 11.6. The van der Waals surface area contributed by atoms with Gasteiger partial charge < -0.3 is 25.2 Å². The van der Waals surface area contributed by atoms with Crippen molar-refractivity contribution in [2.24, 2.45) is 0 Å². The van der Waals surface area contributed by atoms with Crippen LogP contribution >= 0.6 is 0 Å². The number of hydrogen-bond donors (Lipinski definition) is 2. The van der Waals surface area contributed by atoms with E-state index in [4.69, 9.17) is 4.74 Å². The molecule has 1 unspecified atom stereocenters. The smallest absolute Gasteiger partial charge is 0.247 e. The van der Waals surface area contributed by atoms with Crippen molar-refractivity contribution in [3.8, 4) is 0 Å². The van der Waals surface area contributed by atoms with Crippen LogP contribution in [0.4, 0.5) is 5.69 Å². The molecule has 0 aromatic heterocycles. The number of amides is 2. The number of nitrogens with zero attached hydrogens (tertiary/aromatic N) is 2. The number of para-hydroxylation sites is 1. The van der Waals surface area contributed by atoms with E-state index in [2.05, 4.69) is 34.9 Å². The molecule has 2 aliphatic rings. The summed E-state index contributed by atoms with van der Waals surface area (Å²) in [5.74, 6) is -0.242. The fraction of sp³-hybridized carbons (Fsp3) is 0.462. The SMILES string of the molecule is CN(C)CC(=O)NC(COCc1ccccc1)C(=O)N1CCC2(CC1)CNc1ccccc12. The molecule has 2 N–H and O–H groups in total. The van der Waals surface area contributed by atoms with Gasteiger partial charge in [0.1, 0.15) is 6.04 Å². The number of benzene rings is 2. The summed E-state index contributed by atoms with van der Waals surface area (Å²) in [7, 11) is 3.67. The molecule has 2 heterocycles. The lowest BCUT2D eigenvalue weighted by atomic mass is 9.74. The number of likely N-dealkylation sites (N-methyl/N-ethyl adjacent to an activating group) is 1. The van der Waals surface area contributed by atoms with Gasteiger partial charge in [0.15, 0.2) is 0 Å². The molecule has 2 amide bonds. The van der Waals surface area contributed by atoms with Gasteiger partial charge in [0.25, 0.3) is 0 Å². The molecule has 0 aliphatic carbocycles. The van der Waals surface area contributed by atoms with Gasteiger partial charge in [-0.05, 0) is 44.1 Å². The Hall–Kier alpha value is -2.90. The van der Waals surface area contributed by atoms with Crippen LogP contribution in [0.25, 0.3) is 0 Å². The summed E-state index contributed by atoms with van der Waals surface area (Å²) in [5.41, 5.74) is 3.69. The van der Waals surface area contributed by atoms with E-state index in [9.17, 15) is 9.59 Å². The Kier molecular flexibility index (Phi) is 7.30. The standard InChI is InChI=1S/C26H34N4O3/c1-29(2)16-24(31)28-23(18-33-17-20-8-4-3-5-9-20)25(32)30-14-12-26(13-15-30)19-27-22-11-7-6-10-21(22)26/h3-11,23,27H,12-19H2,1-2H3,(H,28,31). The molecule has 7 nitrogen and oxygen atoms in total. The lowest BCUT2D eigenvalue weighted by Crippen LogP contribution is -2.55. The molecule has 1 atom stereocenters. The quantitative estimate of drug-likeness (QED) is 0.645. The number of anilines is 1. The van der Waals surface area contributed by atoms with E-state index in [-0.39, 0.29) is 30.4 Å². The third-order valence-corrected chi connectivity index (χ3v) is 6.64. The molecule has 0 saturated carbocycles. The van der Waals surface area contributed by atoms with E-state index in [1.54, 1.807) is 4.90 Å². The first-order valence-electron chi connectivity index (χ1n) is 11.6. The highest BCUT2D eigenvalue weighted by molar-refractivity contribution is 5.88. The molecule has 176 valence electrons. The number of hydrogen-bond acceptors (Lipinski definition) is 5. The molecule has 1 spiro atoms. The van der Waals surface area contributed by atoms with E-state index >= 15 is 0 Å². The molecule has 7 heteroatoms. The second kappa shape index (κ2) is 10.4. The lowest BCUT2D eigenvalue weighted by Gasteiger charge is -2.40. The molecular weight excluding hydrogens is 416 g/mol. The van der Waals surface area contributed by atoms with Crippen molar-refractivity contribution in [1.29, 1.82) is 0 Å². The third kappa shape index (κ3) is 5.54. The molecule has 0 bridgehead atoms. The van der Waals surface area contributed by atoms with Crippen LogP contribution in [0.3, 0.4) is 0 Å². The Morgan fingerprint density at radius 2 is 1.79 bits per heavy atom. The monoisotopic (exact) mass is 450 g/mol. The zero-order chi connectivity index (χ0) is 23.3. The topological polar surface area (TPSA) is 73.9 Å². The van der Waals surface area contributed by atoms with Crippen LogP contribution in [-0.4, -0.2) is 74.5 Å². The number of carbonyl (C=O) groups excluding carboxylic acids is 2. The first kappa shape index (κ1) is 23.3. The highest BCUT2D eigenvalue weighted by Crippen LogP contribution is 2.43. The van der Waals surface area contributed by atoms with Gasteiger partial charge in [-0.15, -0.1) is 0 Å². The van der Waals surface area contributed by atoms with Crippen LogP contribution in [-0.2, 0) is 26.3 Å². The van der Waals surface area contributed by atoms with Crippen molar-refractivity contribution < 1.29 is 14.3 Å². The summed E-state index contributed by atoms with van der Waals surface area (Å²) in [6.45, 7) is 3.05. The predicted octanol–water partition coefficient (Wildman–Crippen LogP) is 2.24. The van der Waals surface area contributed by atoms with Crippen LogP contribution in [0.1, 0.15) is 24.0 Å². The van der Waals surface area contributed by atoms with Gasteiger partial charge >= 0.3 is 0 Å². The molecule has 2 aromatic rings. The molecule has 0 radical (unpaired) electrons. The van der Waals surface area contributed by atoms with Crippen molar-refractivity contribution >= 4 is 17.5 Å². The number of nitrogens with one attached hydrogen (secondary N) is 2. The molecule has 2 aliphatic heterocycles. The summed E-state index contributed by atoms with van der Waals surface area (Å²) in [6.07, 6.45) is 1.82. The van der Waals surface area contributed by atoms with E-state index in [1.165, 1.54) is 11.3 Å². The zero-order valence-corrected chi connectivity index (χ0v) is 19.5. The normalized spacial score (nSPS) is 17.5. The largest absolute Gasteiger partial charge is 0.384 e. The molecular formula is C26H34N4O3. The van der Waals surface area contributed by atoms with Crippen LogP contribution < -0.4 is 10.6 Å². The Labute approximate surface area is 196 Å². The van der Waals surface area contributed by atoms with E-state index in [1.807, 2.05) is 49.3 Å². The first-order chi connectivity index (χ1) is 16.0. The van der Waals surface area contributed by atoms with Crippen molar-refractivity contribution in [3.63, 3.8) is 0 Å². The number of likely N-dealkylation sites (tertiary alicyclic amines) is 1. The minimum Gasteiger partial charge on any atom is -0.384 e. The van der Waals surface area contributed by atoms with Gasteiger partial charge in [-0.1, -0.05) is 48.5 Å². The minimum absolute atomic E-state index is 0.0655. The number of piperidine rings is 1. The van der Waals surface area contributed by atoms with Crippen LogP contribution in [0.5, 0.6) is 0 Å². The number of fused-ring (bicyclic) bond motifs is 2. The van der Waals surface area contributed by atoms with E-state index < -0.39 is 6.04 Å². The molecule has 33 heavy (non-hydrogen) atoms. The second-order valence-electron chi connectivity index (χ2n) is 9.36. The van der Waals surface area contributed by atoms with Gasteiger partial charge in [-0.3, -0.25) is 9.59 Å². The predicted molar refractivity (Wildman–Crippen MR) is 129 cm³/mol. The number of rotatable bonds is 8. The maximum absolute atomic E-state index is 13.4. The Balaban J connectivity index is 1.38. The van der Waals surface area contributed by atoms with Crippen LogP contribution in [0.15, 0.2) is 54.6 Å². The van der Waals surface area contributed by atoms with E-state index in [0.29, 0.717) is 19.7 Å². The Morgan fingerprint density at radius 1 is 1.09 bits per heavy atom. The lowest BCUT2D eigenvalue weighted by molar-refractivity contribution is -0.139. The average Bonchev–Trinajstić information content (AvgIpc) is 3.17. The highest BCUT2D eigenvalue weighted by atomic mass is 16.5. The molecule has 4 rings (SSSR count). The number of ether oxygens (including phenoxy) is 1. The second-order valence-corrected chi connectivity index (χ2v) is 9.36. The van der Waals surface area contributed by atoms with Crippen molar-refractivity contribution in [2.45, 2.75) is 30.9 Å². The molecule has 1 fully saturated rings. The van der Waals surface area contributed by atoms with Gasteiger partial charge in [-0.2, -0.15) is 0 Å². The van der Waals surface area contributed by atoms with Crippen molar-refractivity contribution in [1.82, 2.24) is 15.1 Å². The zero-order valence-electron chi connectivity index (χ0n) is 19.5. The van der Waals surface area contributed by atoms with E-state index in [0.717, 1.165) is 24.9 Å². The third-order valence-electron chi connectivity index (χ3n) is 6.64. The van der Waals surface area contributed by atoms with Crippen LogP contribution in [0.2, 0.25) is 0 Å². The molecule has 1 saturated heterocycles.